The molecule has 0 amide bonds. The molecule has 0 saturated heterocycles. The van der Waals surface area contributed by atoms with Gasteiger partial charge < -0.3 is 0 Å². The fourth-order valence-corrected chi connectivity index (χ4v) is 0. The molecule has 0 unspecified atom stereocenters. The van der Waals surface area contributed by atoms with Crippen molar-refractivity contribution < 1.29 is 0 Å². The Hall–Kier alpha value is 7.49. The molecule has 0 aliphatic rings. The van der Waals surface area contributed by atoms with Crippen molar-refractivity contribution in [3.8, 4) is 0 Å². The smallest absolute Gasteiger partial charge is 0 e. The number of rotatable bonds is 0. The van der Waals surface area contributed by atoms with Gasteiger partial charge in [-0.15, -0.1) is 0 Å². The summed E-state index contributed by atoms with van der Waals surface area (Å²) in [4.78, 5) is 0. The van der Waals surface area contributed by atoms with Crippen molar-refractivity contribution in [2.45, 2.75) is 0 Å². The van der Waals surface area contributed by atoms with Crippen LogP contribution in [0.1, 0.15) is 0 Å². The van der Waals surface area contributed by atoms with Gasteiger partial charge in [0.1, 0.15) is 0 Å². The molecule has 0 aromatic rings. The molecule has 6 radical (unpaired) electrons. The molecule has 8 heavy (non-hydrogen) atoms. The Labute approximate surface area is 210 Å². The van der Waals surface area contributed by atoms with Gasteiger partial charge in [-0.25, -0.2) is 0 Å². The molecule has 0 aliphatic heterocycles. The van der Waals surface area contributed by atoms with Gasteiger partial charge in [0.2, 0.25) is 0 Å². The van der Waals surface area contributed by atoms with E-state index in [1.165, 1.54) is 0 Å². The second-order valence-corrected chi connectivity index (χ2v) is 22.6. The fraction of sp³-hybridized carbons (Fsp3) is 0. The second-order valence-electron chi connectivity index (χ2n) is 0.143. The summed E-state index contributed by atoms with van der Waals surface area (Å²) in [6, 6.07) is 0. The van der Waals surface area contributed by atoms with Gasteiger partial charge in [0.25, 0.3) is 0 Å². The predicted octanol–water partition coefficient (Wildman–Crippen LogP) is 1.55. The van der Waals surface area contributed by atoms with Crippen LogP contribution in [0.25, 0.3) is 0 Å². The average Bonchev–Trinajstić information content (AvgIpc) is 1.39. The van der Waals surface area contributed by atoms with Gasteiger partial charge in [-0.1, -0.05) is 0 Å². The van der Waals surface area contributed by atoms with E-state index in [2.05, 4.69) is 24.0 Å². The maximum Gasteiger partial charge on any atom is 0 e. The minimum Gasteiger partial charge on any atom is 0 e. The van der Waals surface area contributed by atoms with Gasteiger partial charge in [-0.3, -0.25) is 0 Å². The van der Waals surface area contributed by atoms with E-state index >= 15 is 0 Å². The van der Waals surface area contributed by atoms with Crippen LogP contribution in [0.3, 0.4) is 0 Å². The first-order valence-corrected chi connectivity index (χ1v) is 27.2. The molecule has 8 heteroatoms. The third-order valence-electron chi connectivity index (χ3n) is 0. The zero-order chi connectivity index (χ0) is 5.41. The normalized spacial score (nSPS) is 4.50. The van der Waals surface area contributed by atoms with Gasteiger partial charge in [0.15, 0.2) is 0 Å². The molecule has 0 nitrogen and oxygen atoms in total. The Balaban J connectivity index is -0.0000000160. The summed E-state index contributed by atoms with van der Waals surface area (Å²) in [6.45, 7) is 0. The van der Waals surface area contributed by atoms with E-state index in [9.17, 15) is 0 Å². The van der Waals surface area contributed by atoms with Crippen LogP contribution in [0.4, 0.5) is 0 Å². The van der Waals surface area contributed by atoms with Crippen LogP contribution in [0.2, 0.25) is 0 Å². The topological polar surface area (TPSA) is 0 Å². The van der Waals surface area contributed by atoms with Crippen molar-refractivity contribution in [2.24, 2.45) is 0 Å². The van der Waals surface area contributed by atoms with Gasteiger partial charge >= 0.3 is 81.8 Å². The SMILES string of the molecule is [Br][Pb][Br].[Cl][Pb][Cl].[Cs].[Cs]. The molecule has 0 bridgehead atoms. The molecule has 0 aromatic carbocycles. The van der Waals surface area contributed by atoms with Crippen molar-refractivity contribution in [3.05, 3.63) is 0 Å². The molecular formula is Br2Cl2Cs2Pb2. The van der Waals surface area contributed by atoms with Crippen LogP contribution in [0, 0.1) is 0 Å². The van der Waals surface area contributed by atoms with E-state index in [4.69, 9.17) is 16.6 Å². The summed E-state index contributed by atoms with van der Waals surface area (Å²) in [5.74, 6) is 0. The van der Waals surface area contributed by atoms with Crippen LogP contribution < -0.4 is 0 Å². The quantitative estimate of drug-likeness (QED) is 0.325. The first-order valence-electron chi connectivity index (χ1n) is 0.756. The van der Waals surface area contributed by atoms with E-state index < -0.39 is 21.8 Å². The van der Waals surface area contributed by atoms with Crippen molar-refractivity contribution in [1.82, 2.24) is 0 Å². The molecule has 0 saturated carbocycles. The number of hydrogen-bond acceptors (Lipinski definition) is 0. The molecule has 0 atom stereocenters. The third-order valence-corrected chi connectivity index (χ3v) is 0. The Morgan fingerprint density at radius 1 is 1.00 bits per heavy atom. The zero-order valence-electron chi connectivity index (χ0n) is 4.51. The average molecular weight is 911 g/mol. The minimum absolute atomic E-state index is 0. The van der Waals surface area contributed by atoms with Crippen molar-refractivity contribution >= 4 is 220 Å². The number of halogens is 4. The van der Waals surface area contributed by atoms with Crippen molar-refractivity contribution in [2.75, 3.05) is 0 Å². The molecule has 38 valence electrons. The van der Waals surface area contributed by atoms with Crippen molar-refractivity contribution in [1.29, 1.82) is 0 Å². The second kappa shape index (κ2) is 29.3. The third kappa shape index (κ3) is 37.5. The Morgan fingerprint density at radius 2 is 1.00 bits per heavy atom. The molecular weight excluding hydrogens is 911 g/mol. The minimum atomic E-state index is -0.972. The molecule has 0 fully saturated rings. The van der Waals surface area contributed by atoms with E-state index in [1.807, 2.05) is 0 Å². The Morgan fingerprint density at radius 3 is 1.00 bits per heavy atom. The van der Waals surface area contributed by atoms with Crippen LogP contribution in [0.5, 0.6) is 0 Å². The Bertz CT molecular complexity index is 18.0. The summed E-state index contributed by atoms with van der Waals surface area (Å²) in [5.41, 5.74) is 0. The summed E-state index contributed by atoms with van der Waals surface area (Å²) < 4.78 is 0. The Kier molecular flexibility index (Phi) is 90.2. The summed E-state index contributed by atoms with van der Waals surface area (Å²) in [5, 5.41) is 0. The van der Waals surface area contributed by atoms with Crippen LogP contribution in [-0.2, 0) is 0 Å². The molecule has 0 N–H and O–H groups in total. The molecule has 0 aliphatic carbocycles. The maximum atomic E-state index is 4.96. The molecule has 0 rings (SSSR count). The van der Waals surface area contributed by atoms with E-state index in [0.717, 1.165) is 0 Å². The molecule has 0 aromatic heterocycles. The fourth-order valence-electron chi connectivity index (χ4n) is 0. The number of hydrogen-bond donors (Lipinski definition) is 0. The largest absolute Gasteiger partial charge is 0 e. The maximum absolute atomic E-state index is 4.96. The van der Waals surface area contributed by atoms with Crippen LogP contribution in [0.15, 0.2) is 0 Å². The predicted molar refractivity (Wildman–Crippen MR) is 52.6 cm³/mol. The molecule has 0 heterocycles. The van der Waals surface area contributed by atoms with E-state index in [1.54, 1.807) is 0 Å². The standard InChI is InChI=1S/2BrH.2ClH.2Cs.2Pb/h4*1H;;;;/q;;;;;;2*+2/p-4. The first-order chi connectivity index (χ1) is 2.83. The summed E-state index contributed by atoms with van der Waals surface area (Å²) in [6.07, 6.45) is 0. The van der Waals surface area contributed by atoms with Gasteiger partial charge in [-0.05, 0) is 0 Å². The first kappa shape index (κ1) is 24.6. The van der Waals surface area contributed by atoms with Crippen LogP contribution >= 0.6 is 40.6 Å². The van der Waals surface area contributed by atoms with Gasteiger partial charge in [-0.2, -0.15) is 0 Å². The van der Waals surface area contributed by atoms with E-state index in [-0.39, 0.29) is 157 Å². The van der Waals surface area contributed by atoms with Gasteiger partial charge in [0, 0.05) is 138 Å². The monoisotopic (exact) mass is 910 g/mol. The van der Waals surface area contributed by atoms with E-state index in [0.29, 0.717) is 0 Å². The van der Waals surface area contributed by atoms with Crippen molar-refractivity contribution in [3.63, 3.8) is 0 Å². The van der Waals surface area contributed by atoms with Crippen LogP contribution in [-0.4, -0.2) is 179 Å². The summed E-state index contributed by atoms with van der Waals surface area (Å²) >= 11 is 5.25. The summed E-state index contributed by atoms with van der Waals surface area (Å²) in [7, 11) is 9.92. The van der Waals surface area contributed by atoms with Gasteiger partial charge in [0.05, 0.1) is 0 Å². The zero-order valence-corrected chi connectivity index (χ0v) is 29.5. The molecule has 0 spiro atoms.